The van der Waals surface area contributed by atoms with Crippen molar-refractivity contribution in [1.82, 2.24) is 4.72 Å². The van der Waals surface area contributed by atoms with Gasteiger partial charge in [0.25, 0.3) is 0 Å². The van der Waals surface area contributed by atoms with E-state index >= 15 is 0 Å². The van der Waals surface area contributed by atoms with Gasteiger partial charge in [-0.2, -0.15) is 0 Å². The van der Waals surface area contributed by atoms with Crippen LogP contribution in [0.15, 0.2) is 47.4 Å². The fourth-order valence-corrected chi connectivity index (χ4v) is 4.06. The fraction of sp³-hybridized carbons (Fsp3) is 0.278. The third-order valence-electron chi connectivity index (χ3n) is 3.35. The molecule has 0 saturated carbocycles. The second-order valence-corrected chi connectivity index (χ2v) is 8.08. The van der Waals surface area contributed by atoms with Crippen LogP contribution in [0.1, 0.15) is 31.9 Å². The summed E-state index contributed by atoms with van der Waals surface area (Å²) in [6, 6.07) is 12.0. The molecule has 5 heteroatoms. The van der Waals surface area contributed by atoms with E-state index in [2.05, 4.69) is 4.72 Å². The second kappa shape index (κ2) is 6.26. The summed E-state index contributed by atoms with van der Waals surface area (Å²) < 4.78 is 28.1. The van der Waals surface area contributed by atoms with Crippen LogP contribution in [0.25, 0.3) is 11.1 Å². The molecule has 0 atom stereocenters. The van der Waals surface area contributed by atoms with Crippen LogP contribution < -0.4 is 4.72 Å². The van der Waals surface area contributed by atoms with Gasteiger partial charge in [-0.3, -0.25) is 4.79 Å². The highest BCUT2D eigenvalue weighted by atomic mass is 32.2. The van der Waals surface area contributed by atoms with Crippen LogP contribution >= 0.6 is 0 Å². The first-order valence-corrected chi connectivity index (χ1v) is 8.75. The number of rotatable bonds is 4. The van der Waals surface area contributed by atoms with Gasteiger partial charge in [-0.25, -0.2) is 13.1 Å². The predicted octanol–water partition coefficient (Wildman–Crippen LogP) is 3.20. The third kappa shape index (κ3) is 3.86. The molecular formula is C18H20NO3S. The molecule has 1 radical (unpaired) electrons. The molecule has 0 aliphatic carbocycles. The zero-order valence-corrected chi connectivity index (χ0v) is 14.5. The summed E-state index contributed by atoms with van der Waals surface area (Å²) in [5.74, 6) is 0. The molecule has 0 fully saturated rings. The SMILES string of the molecule is Cc1c([C]=O)cccc1-c1ccccc1S(=O)(=O)NC(C)(C)C. The van der Waals surface area contributed by atoms with E-state index in [0.29, 0.717) is 22.3 Å². The van der Waals surface area contributed by atoms with Crippen molar-refractivity contribution in [3.05, 3.63) is 53.6 Å². The van der Waals surface area contributed by atoms with Crippen LogP contribution in [-0.4, -0.2) is 20.2 Å². The highest BCUT2D eigenvalue weighted by molar-refractivity contribution is 7.89. The molecule has 0 spiro atoms. The van der Waals surface area contributed by atoms with Crippen LogP contribution in [-0.2, 0) is 14.8 Å². The van der Waals surface area contributed by atoms with Crippen LogP contribution in [0, 0.1) is 6.92 Å². The Bertz CT molecular complexity index is 834. The summed E-state index contributed by atoms with van der Waals surface area (Å²) >= 11 is 0. The topological polar surface area (TPSA) is 63.2 Å². The van der Waals surface area contributed by atoms with Gasteiger partial charge in [0.05, 0.1) is 4.90 Å². The zero-order chi connectivity index (χ0) is 17.3. The summed E-state index contributed by atoms with van der Waals surface area (Å²) in [5, 5.41) is 0. The quantitative estimate of drug-likeness (QED) is 0.936. The maximum atomic E-state index is 12.7. The van der Waals surface area contributed by atoms with Crippen LogP contribution in [0.5, 0.6) is 0 Å². The van der Waals surface area contributed by atoms with Crippen molar-refractivity contribution in [2.75, 3.05) is 0 Å². The van der Waals surface area contributed by atoms with E-state index in [0.717, 1.165) is 0 Å². The van der Waals surface area contributed by atoms with Crippen molar-refractivity contribution in [2.45, 2.75) is 38.1 Å². The Kier molecular flexibility index (Phi) is 4.73. The van der Waals surface area contributed by atoms with Crippen LogP contribution in [0.3, 0.4) is 0 Å². The van der Waals surface area contributed by atoms with Gasteiger partial charge in [0, 0.05) is 16.7 Å². The molecule has 0 saturated heterocycles. The first-order valence-electron chi connectivity index (χ1n) is 7.27. The molecule has 0 unspecified atom stereocenters. The van der Waals surface area contributed by atoms with Gasteiger partial charge >= 0.3 is 0 Å². The molecule has 1 N–H and O–H groups in total. The first-order chi connectivity index (χ1) is 10.7. The Labute approximate surface area is 137 Å². The first kappa shape index (κ1) is 17.4. The molecule has 0 aliphatic rings. The zero-order valence-electron chi connectivity index (χ0n) is 13.7. The summed E-state index contributed by atoms with van der Waals surface area (Å²) in [7, 11) is -3.68. The normalized spacial score (nSPS) is 12.2. The Hall–Kier alpha value is -1.98. The van der Waals surface area contributed by atoms with Crippen molar-refractivity contribution < 1.29 is 13.2 Å². The summed E-state index contributed by atoms with van der Waals surface area (Å²) in [5.41, 5.74) is 1.83. The lowest BCUT2D eigenvalue weighted by atomic mass is 9.97. The van der Waals surface area contributed by atoms with Gasteiger partial charge in [-0.05, 0) is 44.9 Å². The largest absolute Gasteiger partial charge is 0.285 e. The van der Waals surface area contributed by atoms with Crippen molar-refractivity contribution in [3.63, 3.8) is 0 Å². The van der Waals surface area contributed by atoms with Gasteiger partial charge in [0.1, 0.15) is 0 Å². The molecule has 23 heavy (non-hydrogen) atoms. The van der Waals surface area contributed by atoms with Crippen LogP contribution in [0.2, 0.25) is 0 Å². The fourth-order valence-electron chi connectivity index (χ4n) is 2.42. The molecule has 0 amide bonds. The third-order valence-corrected chi connectivity index (χ3v) is 5.17. The summed E-state index contributed by atoms with van der Waals surface area (Å²) in [6.45, 7) is 7.16. The minimum absolute atomic E-state index is 0.195. The van der Waals surface area contributed by atoms with E-state index in [-0.39, 0.29) is 4.90 Å². The molecule has 121 valence electrons. The number of hydrogen-bond donors (Lipinski definition) is 1. The van der Waals surface area contributed by atoms with Gasteiger partial charge in [0.2, 0.25) is 16.3 Å². The highest BCUT2D eigenvalue weighted by Crippen LogP contribution is 2.31. The number of hydrogen-bond acceptors (Lipinski definition) is 3. The smallest absolute Gasteiger partial charge is 0.241 e. The number of sulfonamides is 1. The summed E-state index contributed by atoms with van der Waals surface area (Å²) in [4.78, 5) is 11.2. The van der Waals surface area contributed by atoms with E-state index in [1.54, 1.807) is 64.1 Å². The Balaban J connectivity index is 2.66. The van der Waals surface area contributed by atoms with Gasteiger partial charge in [-0.15, -0.1) is 0 Å². The van der Waals surface area contributed by atoms with E-state index in [1.165, 1.54) is 0 Å². The average molecular weight is 330 g/mol. The van der Waals surface area contributed by atoms with Gasteiger partial charge in [-0.1, -0.05) is 36.4 Å². The van der Waals surface area contributed by atoms with E-state index in [1.807, 2.05) is 12.4 Å². The molecule has 2 aromatic carbocycles. The number of nitrogens with one attached hydrogen (secondary N) is 1. The Morgan fingerprint density at radius 2 is 1.57 bits per heavy atom. The lowest BCUT2D eigenvalue weighted by molar-refractivity contribution is 0.491. The standard InChI is InChI=1S/C18H20NO3S/c1-13-14(12-20)8-7-10-15(13)16-9-5-6-11-17(16)23(21,22)19-18(2,3)4/h5-11,19H,1-4H3. The molecule has 4 nitrogen and oxygen atoms in total. The lowest BCUT2D eigenvalue weighted by Gasteiger charge is -2.22. The maximum absolute atomic E-state index is 12.7. The highest BCUT2D eigenvalue weighted by Gasteiger charge is 2.25. The summed E-state index contributed by atoms with van der Waals surface area (Å²) in [6.07, 6.45) is 1.89. The Morgan fingerprint density at radius 1 is 0.957 bits per heavy atom. The maximum Gasteiger partial charge on any atom is 0.241 e. The average Bonchev–Trinajstić information content (AvgIpc) is 2.45. The molecule has 0 aromatic heterocycles. The minimum Gasteiger partial charge on any atom is -0.285 e. The predicted molar refractivity (Wildman–Crippen MR) is 91.5 cm³/mol. The second-order valence-electron chi connectivity index (χ2n) is 6.43. The molecule has 0 heterocycles. The lowest BCUT2D eigenvalue weighted by Crippen LogP contribution is -2.40. The van der Waals surface area contributed by atoms with E-state index in [4.69, 9.17) is 0 Å². The van der Waals surface area contributed by atoms with Crippen molar-refractivity contribution in [3.8, 4) is 11.1 Å². The molecule has 0 aliphatic heterocycles. The van der Waals surface area contributed by atoms with Crippen LogP contribution in [0.4, 0.5) is 0 Å². The Morgan fingerprint density at radius 3 is 2.17 bits per heavy atom. The van der Waals surface area contributed by atoms with Crippen molar-refractivity contribution in [1.29, 1.82) is 0 Å². The van der Waals surface area contributed by atoms with E-state index in [9.17, 15) is 13.2 Å². The van der Waals surface area contributed by atoms with E-state index < -0.39 is 15.6 Å². The monoisotopic (exact) mass is 330 g/mol. The van der Waals surface area contributed by atoms with Crippen molar-refractivity contribution in [2.24, 2.45) is 0 Å². The molecule has 2 aromatic rings. The molecule has 0 bridgehead atoms. The number of carbonyl (C=O) groups excluding carboxylic acids is 1. The minimum atomic E-state index is -3.68. The van der Waals surface area contributed by atoms with Crippen molar-refractivity contribution >= 4 is 16.3 Å². The number of benzene rings is 2. The van der Waals surface area contributed by atoms with Gasteiger partial charge in [0.15, 0.2) is 0 Å². The van der Waals surface area contributed by atoms with Gasteiger partial charge < -0.3 is 0 Å². The molecular weight excluding hydrogens is 310 g/mol. The molecule has 2 rings (SSSR count).